The van der Waals surface area contributed by atoms with Crippen LogP contribution in [0.5, 0.6) is 0 Å². The van der Waals surface area contributed by atoms with E-state index < -0.39 is 18.0 Å². The summed E-state index contributed by atoms with van der Waals surface area (Å²) < 4.78 is 0. The molecule has 0 saturated carbocycles. The number of piperidine rings is 1. The van der Waals surface area contributed by atoms with E-state index in [4.69, 9.17) is 5.11 Å². The number of aliphatic hydroxyl groups excluding tert-OH is 1. The maximum atomic E-state index is 10.9. The van der Waals surface area contributed by atoms with Gasteiger partial charge in [-0.1, -0.05) is 0 Å². The second kappa shape index (κ2) is 2.96. The molecule has 2 bridgehead atoms. The molecule has 0 aliphatic carbocycles. The highest BCUT2D eigenvalue weighted by Gasteiger charge is 2.48. The number of fused-ring (bicyclic) bond motifs is 2. The van der Waals surface area contributed by atoms with E-state index in [2.05, 4.69) is 4.90 Å². The van der Waals surface area contributed by atoms with E-state index in [9.17, 15) is 9.90 Å². The molecule has 2 saturated heterocycles. The zero-order valence-corrected chi connectivity index (χ0v) is 7.68. The Morgan fingerprint density at radius 3 is 2.77 bits per heavy atom. The Bertz CT molecular complexity index is 231. The molecule has 2 heterocycles. The number of carbonyl (C=O) groups is 1. The van der Waals surface area contributed by atoms with Crippen LogP contribution >= 0.6 is 0 Å². The van der Waals surface area contributed by atoms with Crippen molar-refractivity contribution >= 4 is 5.97 Å². The summed E-state index contributed by atoms with van der Waals surface area (Å²) in [6.45, 7) is 0. The number of hydrogen-bond donors (Lipinski definition) is 2. The first-order valence-corrected chi connectivity index (χ1v) is 4.74. The fourth-order valence-electron chi connectivity index (χ4n) is 2.77. The lowest BCUT2D eigenvalue weighted by molar-refractivity contribution is -0.151. The Morgan fingerprint density at radius 2 is 2.15 bits per heavy atom. The van der Waals surface area contributed by atoms with E-state index in [1.807, 2.05) is 7.05 Å². The van der Waals surface area contributed by atoms with Crippen molar-refractivity contribution in [3.8, 4) is 0 Å². The number of carboxylic acid groups (broad SMARTS) is 1. The average Bonchev–Trinajstić information content (AvgIpc) is 2.34. The van der Waals surface area contributed by atoms with E-state index in [1.54, 1.807) is 0 Å². The predicted molar refractivity (Wildman–Crippen MR) is 46.3 cm³/mol. The highest BCUT2D eigenvalue weighted by atomic mass is 16.4. The molecule has 13 heavy (non-hydrogen) atoms. The van der Waals surface area contributed by atoms with Gasteiger partial charge in [0.05, 0.1) is 12.0 Å². The number of aliphatic hydroxyl groups is 1. The van der Waals surface area contributed by atoms with Crippen molar-refractivity contribution in [2.24, 2.45) is 5.92 Å². The van der Waals surface area contributed by atoms with Gasteiger partial charge in [-0.05, 0) is 26.3 Å². The van der Waals surface area contributed by atoms with Crippen LogP contribution in [0.25, 0.3) is 0 Å². The summed E-state index contributed by atoms with van der Waals surface area (Å²) in [5, 5.41) is 18.6. The lowest BCUT2D eigenvalue weighted by Gasteiger charge is -2.38. The van der Waals surface area contributed by atoms with Crippen LogP contribution in [0.2, 0.25) is 0 Å². The van der Waals surface area contributed by atoms with Crippen molar-refractivity contribution in [2.75, 3.05) is 7.05 Å². The molecule has 2 N–H and O–H groups in total. The standard InChI is InChI=1S/C9H15NO3/c1-10-5-2-3-6(10)8(9(12)13)7(11)4-5/h5-8,11H,2-4H2,1H3,(H,12,13)/t5?,6-,7+,8-/m1/s1. The van der Waals surface area contributed by atoms with E-state index in [0.29, 0.717) is 12.5 Å². The molecule has 0 aromatic heterocycles. The smallest absolute Gasteiger partial charge is 0.310 e. The first-order chi connectivity index (χ1) is 6.11. The minimum absolute atomic E-state index is 0.0475. The Morgan fingerprint density at radius 1 is 1.46 bits per heavy atom. The summed E-state index contributed by atoms with van der Waals surface area (Å²) in [7, 11) is 1.96. The SMILES string of the molecule is CN1C2CC[C@@H]1[C@@H](C(=O)O)[C@@H](O)C2. The number of nitrogens with zero attached hydrogens (tertiary/aromatic N) is 1. The van der Waals surface area contributed by atoms with Crippen LogP contribution in [0.15, 0.2) is 0 Å². The lowest BCUT2D eigenvalue weighted by atomic mass is 9.88. The van der Waals surface area contributed by atoms with Crippen LogP contribution in [0.3, 0.4) is 0 Å². The third-order valence-corrected chi connectivity index (χ3v) is 3.52. The maximum absolute atomic E-state index is 10.9. The quantitative estimate of drug-likeness (QED) is 0.599. The highest BCUT2D eigenvalue weighted by molar-refractivity contribution is 5.72. The minimum atomic E-state index is -0.857. The van der Waals surface area contributed by atoms with Crippen molar-refractivity contribution in [1.29, 1.82) is 0 Å². The largest absolute Gasteiger partial charge is 0.481 e. The van der Waals surface area contributed by atoms with E-state index >= 15 is 0 Å². The number of rotatable bonds is 1. The van der Waals surface area contributed by atoms with Gasteiger partial charge >= 0.3 is 5.97 Å². The van der Waals surface area contributed by atoms with Crippen molar-refractivity contribution in [3.05, 3.63) is 0 Å². The summed E-state index contributed by atoms with van der Waals surface area (Å²) in [4.78, 5) is 13.0. The summed E-state index contributed by atoms with van der Waals surface area (Å²) in [6, 6.07) is 0.446. The molecule has 0 radical (unpaired) electrons. The molecule has 2 aliphatic rings. The average molecular weight is 185 g/mol. The zero-order chi connectivity index (χ0) is 9.59. The van der Waals surface area contributed by atoms with Crippen LogP contribution < -0.4 is 0 Å². The summed E-state index contributed by atoms with van der Waals surface area (Å²) >= 11 is 0. The molecular weight excluding hydrogens is 170 g/mol. The number of hydrogen-bond acceptors (Lipinski definition) is 3. The Kier molecular flexibility index (Phi) is 2.04. The highest BCUT2D eigenvalue weighted by Crippen LogP contribution is 2.38. The molecule has 2 rings (SSSR count). The first kappa shape index (κ1) is 8.97. The van der Waals surface area contributed by atoms with Gasteiger partial charge in [0, 0.05) is 12.1 Å². The van der Waals surface area contributed by atoms with E-state index in [-0.39, 0.29) is 6.04 Å². The Labute approximate surface area is 77.2 Å². The molecule has 74 valence electrons. The predicted octanol–water partition coefficient (Wildman–Crippen LogP) is -0.0854. The number of aliphatic carboxylic acids is 1. The monoisotopic (exact) mass is 185 g/mol. The second-order valence-electron chi connectivity index (χ2n) is 4.13. The Balaban J connectivity index is 2.21. The van der Waals surface area contributed by atoms with E-state index in [1.165, 1.54) is 0 Å². The summed E-state index contributed by atoms with van der Waals surface area (Å²) in [5.41, 5.74) is 0. The summed E-state index contributed by atoms with van der Waals surface area (Å²) in [5.74, 6) is -1.44. The van der Waals surface area contributed by atoms with Gasteiger partial charge in [-0.25, -0.2) is 0 Å². The molecule has 2 aliphatic heterocycles. The van der Waals surface area contributed by atoms with Crippen LogP contribution in [0.4, 0.5) is 0 Å². The third kappa shape index (κ3) is 1.25. The van der Waals surface area contributed by atoms with Gasteiger partial charge < -0.3 is 10.2 Å². The van der Waals surface area contributed by atoms with Crippen LogP contribution in [0.1, 0.15) is 19.3 Å². The minimum Gasteiger partial charge on any atom is -0.481 e. The second-order valence-corrected chi connectivity index (χ2v) is 4.13. The normalized spacial score (nSPS) is 45.1. The summed E-state index contributed by atoms with van der Waals surface area (Å²) in [6.07, 6.45) is 1.91. The van der Waals surface area contributed by atoms with Gasteiger partial charge in [0.2, 0.25) is 0 Å². The molecule has 4 heteroatoms. The molecule has 0 aromatic carbocycles. The van der Waals surface area contributed by atoms with Gasteiger partial charge in [0.15, 0.2) is 0 Å². The van der Waals surface area contributed by atoms with Gasteiger partial charge in [0.25, 0.3) is 0 Å². The molecule has 4 atom stereocenters. The lowest BCUT2D eigenvalue weighted by Crippen LogP contribution is -2.51. The zero-order valence-electron chi connectivity index (χ0n) is 7.68. The van der Waals surface area contributed by atoms with Crippen LogP contribution in [0, 0.1) is 5.92 Å². The van der Waals surface area contributed by atoms with Gasteiger partial charge in [-0.3, -0.25) is 9.69 Å². The molecule has 0 spiro atoms. The molecule has 1 unspecified atom stereocenters. The van der Waals surface area contributed by atoms with Crippen molar-refractivity contribution in [1.82, 2.24) is 4.90 Å². The fraction of sp³-hybridized carbons (Fsp3) is 0.889. The fourth-order valence-corrected chi connectivity index (χ4v) is 2.77. The molecule has 0 aromatic rings. The Hall–Kier alpha value is -0.610. The van der Waals surface area contributed by atoms with Crippen molar-refractivity contribution in [2.45, 2.75) is 37.5 Å². The van der Waals surface area contributed by atoms with Crippen molar-refractivity contribution < 1.29 is 15.0 Å². The molecule has 4 nitrogen and oxygen atoms in total. The van der Waals surface area contributed by atoms with Gasteiger partial charge in [-0.15, -0.1) is 0 Å². The van der Waals surface area contributed by atoms with Crippen molar-refractivity contribution in [3.63, 3.8) is 0 Å². The van der Waals surface area contributed by atoms with Gasteiger partial charge in [-0.2, -0.15) is 0 Å². The topological polar surface area (TPSA) is 60.8 Å². The number of carboxylic acids is 1. The van der Waals surface area contributed by atoms with Crippen LogP contribution in [-0.2, 0) is 4.79 Å². The van der Waals surface area contributed by atoms with Gasteiger partial charge in [0.1, 0.15) is 0 Å². The van der Waals surface area contributed by atoms with E-state index in [0.717, 1.165) is 12.8 Å². The molecule has 0 amide bonds. The van der Waals surface area contributed by atoms with Crippen LogP contribution in [-0.4, -0.2) is 46.3 Å². The third-order valence-electron chi connectivity index (χ3n) is 3.52. The maximum Gasteiger partial charge on any atom is 0.310 e. The first-order valence-electron chi connectivity index (χ1n) is 4.74. The molecule has 2 fully saturated rings. The molecular formula is C9H15NO3.